The van der Waals surface area contributed by atoms with Crippen LogP contribution in [-0.4, -0.2) is 34.9 Å². The molecule has 4 heteroatoms. The molecule has 0 saturated heterocycles. The average molecular weight is 1030 g/mol. The molecule has 1 amide bonds. The number of unbranched alkanes of at least 4 members (excludes halogenated alkanes) is 55. The first-order chi connectivity index (χ1) is 36.2. The molecule has 0 rings (SSSR count). The predicted molar refractivity (Wildman–Crippen MR) is 327 cm³/mol. The van der Waals surface area contributed by atoms with Gasteiger partial charge in [0, 0.05) is 6.42 Å². The summed E-state index contributed by atoms with van der Waals surface area (Å²) in [6.07, 6.45) is 88.4. The van der Waals surface area contributed by atoms with Crippen molar-refractivity contribution in [2.45, 2.75) is 405 Å². The SMILES string of the molecule is CCCCCCCCCCCCCCCCCCC/C=C/CC/C=C/C(O)C(CO)NC(=O)CCCCCCCCCCCCCCCCCCCCCCCCCCCCCCCCCCCCCCCC. The molecular weight excluding hydrogens is 891 g/mol. The van der Waals surface area contributed by atoms with Crippen LogP contribution in [0, 0.1) is 0 Å². The summed E-state index contributed by atoms with van der Waals surface area (Å²) in [4.78, 5) is 12.5. The summed E-state index contributed by atoms with van der Waals surface area (Å²) in [6, 6.07) is -0.637. The number of carbonyl (C=O) groups is 1. The van der Waals surface area contributed by atoms with Crippen LogP contribution in [0.4, 0.5) is 0 Å². The van der Waals surface area contributed by atoms with Gasteiger partial charge in [-0.25, -0.2) is 0 Å². The molecule has 0 saturated carbocycles. The lowest BCUT2D eigenvalue weighted by Crippen LogP contribution is -2.45. The zero-order chi connectivity index (χ0) is 52.7. The van der Waals surface area contributed by atoms with E-state index >= 15 is 0 Å². The highest BCUT2D eigenvalue weighted by atomic mass is 16.3. The average Bonchev–Trinajstić information content (AvgIpc) is 3.40. The summed E-state index contributed by atoms with van der Waals surface area (Å²) in [5.74, 6) is -0.0646. The largest absolute Gasteiger partial charge is 0.394 e. The van der Waals surface area contributed by atoms with E-state index in [0.717, 1.165) is 32.1 Å². The molecule has 4 nitrogen and oxygen atoms in total. The quantitative estimate of drug-likeness (QED) is 0.0420. The minimum atomic E-state index is -0.861. The molecule has 434 valence electrons. The van der Waals surface area contributed by atoms with E-state index in [0.29, 0.717) is 6.42 Å². The Kier molecular flexibility index (Phi) is 64.1. The van der Waals surface area contributed by atoms with Gasteiger partial charge in [-0.05, 0) is 32.1 Å². The highest BCUT2D eigenvalue weighted by Gasteiger charge is 2.18. The van der Waals surface area contributed by atoms with Gasteiger partial charge in [0.2, 0.25) is 5.91 Å². The monoisotopic (exact) mass is 1030 g/mol. The molecule has 0 aliphatic carbocycles. The van der Waals surface area contributed by atoms with Crippen LogP contribution in [0.2, 0.25) is 0 Å². The standard InChI is InChI=1S/C69H135NO3/c1-3-5-7-9-11-13-15-17-19-21-23-25-27-28-29-30-31-32-33-34-35-36-37-38-39-40-41-43-45-47-49-51-53-55-57-59-61-63-65-69(73)70-67(66-71)68(72)64-62-60-58-56-54-52-50-48-46-44-42-26-24-22-20-18-16-14-12-10-8-6-4-2/h54,56,62,64,67-68,71-72H,3-53,55,57-61,63,65-66H2,1-2H3,(H,70,73)/b56-54+,64-62+. The Labute approximate surface area is 459 Å². The maximum absolute atomic E-state index is 12.5. The summed E-state index contributed by atoms with van der Waals surface area (Å²) in [5.41, 5.74) is 0. The molecule has 0 spiro atoms. The highest BCUT2D eigenvalue weighted by molar-refractivity contribution is 5.76. The van der Waals surface area contributed by atoms with Gasteiger partial charge >= 0.3 is 0 Å². The van der Waals surface area contributed by atoms with E-state index in [9.17, 15) is 15.0 Å². The molecule has 0 heterocycles. The number of aliphatic hydroxyl groups is 2. The van der Waals surface area contributed by atoms with E-state index in [2.05, 4.69) is 31.3 Å². The van der Waals surface area contributed by atoms with Crippen LogP contribution in [0.15, 0.2) is 24.3 Å². The van der Waals surface area contributed by atoms with Crippen molar-refractivity contribution >= 4 is 5.91 Å². The number of hydrogen-bond acceptors (Lipinski definition) is 3. The van der Waals surface area contributed by atoms with Crippen molar-refractivity contribution in [3.05, 3.63) is 24.3 Å². The molecule has 73 heavy (non-hydrogen) atoms. The van der Waals surface area contributed by atoms with E-state index in [1.807, 2.05) is 6.08 Å². The van der Waals surface area contributed by atoms with Crippen molar-refractivity contribution in [1.29, 1.82) is 0 Å². The zero-order valence-corrected chi connectivity index (χ0v) is 50.2. The summed E-state index contributed by atoms with van der Waals surface area (Å²) >= 11 is 0. The topological polar surface area (TPSA) is 69.6 Å². The maximum atomic E-state index is 12.5. The summed E-state index contributed by atoms with van der Waals surface area (Å²) in [6.45, 7) is 4.35. The first-order valence-corrected chi connectivity index (χ1v) is 34.1. The van der Waals surface area contributed by atoms with E-state index in [1.165, 1.54) is 340 Å². The summed E-state index contributed by atoms with van der Waals surface area (Å²) < 4.78 is 0. The number of rotatable bonds is 64. The highest BCUT2D eigenvalue weighted by Crippen LogP contribution is 2.19. The number of allylic oxidation sites excluding steroid dienone is 3. The van der Waals surface area contributed by atoms with Gasteiger partial charge in [-0.3, -0.25) is 4.79 Å². The molecule has 0 bridgehead atoms. The summed E-state index contributed by atoms with van der Waals surface area (Å²) in [7, 11) is 0. The van der Waals surface area contributed by atoms with Crippen LogP contribution in [0.1, 0.15) is 393 Å². The molecule has 0 radical (unpaired) electrons. The molecule has 2 atom stereocenters. The second kappa shape index (κ2) is 65.2. The fourth-order valence-electron chi connectivity index (χ4n) is 11.0. The van der Waals surface area contributed by atoms with Gasteiger partial charge in [0.15, 0.2) is 0 Å². The fraction of sp³-hybridized carbons (Fsp3) is 0.928. The van der Waals surface area contributed by atoms with Crippen LogP contribution in [-0.2, 0) is 4.79 Å². The zero-order valence-electron chi connectivity index (χ0n) is 50.2. The van der Waals surface area contributed by atoms with Gasteiger partial charge in [0.1, 0.15) is 0 Å². The number of carbonyl (C=O) groups excluding carboxylic acids is 1. The van der Waals surface area contributed by atoms with E-state index in [1.54, 1.807) is 6.08 Å². The van der Waals surface area contributed by atoms with Gasteiger partial charge in [0.05, 0.1) is 18.8 Å². The Morgan fingerprint density at radius 1 is 0.315 bits per heavy atom. The van der Waals surface area contributed by atoms with Gasteiger partial charge in [-0.2, -0.15) is 0 Å². The van der Waals surface area contributed by atoms with Crippen LogP contribution in [0.3, 0.4) is 0 Å². The van der Waals surface area contributed by atoms with Gasteiger partial charge in [-0.1, -0.05) is 378 Å². The summed E-state index contributed by atoms with van der Waals surface area (Å²) in [5, 5.41) is 23.2. The molecule has 0 aliphatic rings. The molecule has 0 aromatic carbocycles. The molecule has 3 N–H and O–H groups in total. The smallest absolute Gasteiger partial charge is 0.220 e. The lowest BCUT2D eigenvalue weighted by molar-refractivity contribution is -0.123. The predicted octanol–water partition coefficient (Wildman–Crippen LogP) is 23.0. The molecule has 2 unspecified atom stereocenters. The molecule has 0 aromatic heterocycles. The number of hydrogen-bond donors (Lipinski definition) is 3. The number of amides is 1. The van der Waals surface area contributed by atoms with Crippen LogP contribution in [0.5, 0.6) is 0 Å². The van der Waals surface area contributed by atoms with Crippen LogP contribution in [0.25, 0.3) is 0 Å². The second-order valence-corrected chi connectivity index (χ2v) is 23.6. The van der Waals surface area contributed by atoms with Gasteiger partial charge in [0.25, 0.3) is 0 Å². The van der Waals surface area contributed by atoms with Crippen LogP contribution < -0.4 is 5.32 Å². The van der Waals surface area contributed by atoms with E-state index in [-0.39, 0.29) is 12.5 Å². The minimum absolute atomic E-state index is 0.0646. The Bertz CT molecular complexity index is 1070. The van der Waals surface area contributed by atoms with Crippen molar-refractivity contribution < 1.29 is 15.0 Å². The van der Waals surface area contributed by atoms with Crippen molar-refractivity contribution in [3.63, 3.8) is 0 Å². The molecule has 0 aliphatic heterocycles. The Hall–Kier alpha value is -1.13. The van der Waals surface area contributed by atoms with E-state index in [4.69, 9.17) is 0 Å². The Balaban J connectivity index is 3.40. The molecule has 0 fully saturated rings. The Morgan fingerprint density at radius 2 is 0.534 bits per heavy atom. The third-order valence-corrected chi connectivity index (χ3v) is 16.2. The lowest BCUT2D eigenvalue weighted by Gasteiger charge is -2.19. The van der Waals surface area contributed by atoms with Crippen molar-refractivity contribution in [2.75, 3.05) is 6.61 Å². The van der Waals surface area contributed by atoms with Crippen LogP contribution >= 0.6 is 0 Å². The molecule has 0 aromatic rings. The van der Waals surface area contributed by atoms with E-state index < -0.39 is 12.1 Å². The van der Waals surface area contributed by atoms with Gasteiger partial charge < -0.3 is 15.5 Å². The fourth-order valence-corrected chi connectivity index (χ4v) is 11.0. The first-order valence-electron chi connectivity index (χ1n) is 34.1. The number of aliphatic hydroxyl groups excluding tert-OH is 2. The Morgan fingerprint density at radius 3 is 0.795 bits per heavy atom. The third kappa shape index (κ3) is 61.6. The maximum Gasteiger partial charge on any atom is 0.220 e. The van der Waals surface area contributed by atoms with Crippen molar-refractivity contribution in [3.8, 4) is 0 Å². The van der Waals surface area contributed by atoms with Crippen molar-refractivity contribution in [1.82, 2.24) is 5.32 Å². The third-order valence-electron chi connectivity index (χ3n) is 16.2. The van der Waals surface area contributed by atoms with Gasteiger partial charge in [-0.15, -0.1) is 0 Å². The second-order valence-electron chi connectivity index (χ2n) is 23.6. The lowest BCUT2D eigenvalue weighted by atomic mass is 10.0. The molecular formula is C69H135NO3. The first kappa shape index (κ1) is 71.9. The number of nitrogens with one attached hydrogen (secondary N) is 1. The van der Waals surface area contributed by atoms with Crippen molar-refractivity contribution in [2.24, 2.45) is 0 Å². The normalized spacial score (nSPS) is 12.8. The minimum Gasteiger partial charge on any atom is -0.394 e.